The highest BCUT2D eigenvalue weighted by molar-refractivity contribution is 9.10. The van der Waals surface area contributed by atoms with Gasteiger partial charge in [-0.3, -0.25) is 0 Å². The molecule has 15 heavy (non-hydrogen) atoms. The van der Waals surface area contributed by atoms with Crippen molar-refractivity contribution in [2.75, 3.05) is 20.3 Å². The van der Waals surface area contributed by atoms with Crippen molar-refractivity contribution in [3.8, 4) is 0 Å². The summed E-state index contributed by atoms with van der Waals surface area (Å²) in [5, 5.41) is 4.97. The Morgan fingerprint density at radius 1 is 1.73 bits per heavy atom. The summed E-state index contributed by atoms with van der Waals surface area (Å²) in [5.74, 6) is 0.451. The van der Waals surface area contributed by atoms with E-state index in [2.05, 4.69) is 26.2 Å². The first-order valence-corrected chi connectivity index (χ1v) is 6.16. The molecular formula is C9H14BrN3OS. The Bertz CT molecular complexity index is 327. The lowest BCUT2D eigenvalue weighted by molar-refractivity contribution is 0.204. The normalized spacial score (nSPS) is 11.7. The van der Waals surface area contributed by atoms with E-state index in [1.54, 1.807) is 18.4 Å². The number of rotatable bonds is 5. The summed E-state index contributed by atoms with van der Waals surface area (Å²) in [4.78, 5) is 5.38. The fraction of sp³-hybridized carbons (Fsp3) is 0.444. The van der Waals surface area contributed by atoms with Gasteiger partial charge in [0.25, 0.3) is 0 Å². The zero-order valence-corrected chi connectivity index (χ0v) is 10.9. The van der Waals surface area contributed by atoms with Gasteiger partial charge in [-0.05, 0) is 27.4 Å². The standard InChI is InChI=1S/C9H14BrN3OS/c1-14-4-3-12-9(11)13-6-8-7(10)2-5-15-8/h2,5H,3-4,6H2,1H3,(H3,11,12,13). The van der Waals surface area contributed by atoms with Gasteiger partial charge in [-0.15, -0.1) is 11.3 Å². The van der Waals surface area contributed by atoms with E-state index in [1.165, 1.54) is 4.88 Å². The predicted octanol–water partition coefficient (Wildman–Crippen LogP) is 1.56. The molecule has 0 saturated heterocycles. The Labute approximate surface area is 102 Å². The summed E-state index contributed by atoms with van der Waals surface area (Å²) in [7, 11) is 1.65. The average Bonchev–Trinajstić information content (AvgIpc) is 2.61. The molecule has 0 saturated carbocycles. The third-order valence-corrected chi connectivity index (χ3v) is 3.61. The van der Waals surface area contributed by atoms with Crippen molar-refractivity contribution < 1.29 is 4.74 Å². The molecule has 0 spiro atoms. The van der Waals surface area contributed by atoms with E-state index in [-0.39, 0.29) is 0 Å². The van der Waals surface area contributed by atoms with Crippen molar-refractivity contribution in [3.05, 3.63) is 20.8 Å². The van der Waals surface area contributed by atoms with Gasteiger partial charge in [0, 0.05) is 23.0 Å². The van der Waals surface area contributed by atoms with Gasteiger partial charge >= 0.3 is 0 Å². The fourth-order valence-corrected chi connectivity index (χ4v) is 2.33. The molecule has 0 amide bonds. The summed E-state index contributed by atoms with van der Waals surface area (Å²) in [6, 6.07) is 2.00. The lowest BCUT2D eigenvalue weighted by atomic mass is 10.5. The first-order chi connectivity index (χ1) is 7.24. The molecule has 3 N–H and O–H groups in total. The summed E-state index contributed by atoms with van der Waals surface area (Å²) in [5.41, 5.74) is 5.65. The number of guanidine groups is 1. The lowest BCUT2D eigenvalue weighted by Crippen LogP contribution is -2.34. The van der Waals surface area contributed by atoms with Gasteiger partial charge in [-0.2, -0.15) is 0 Å². The largest absolute Gasteiger partial charge is 0.383 e. The van der Waals surface area contributed by atoms with E-state index in [4.69, 9.17) is 10.5 Å². The maximum atomic E-state index is 5.65. The van der Waals surface area contributed by atoms with E-state index in [0.29, 0.717) is 25.7 Å². The zero-order valence-electron chi connectivity index (χ0n) is 8.50. The van der Waals surface area contributed by atoms with Crippen molar-refractivity contribution in [1.29, 1.82) is 0 Å². The van der Waals surface area contributed by atoms with Crippen LogP contribution in [0.1, 0.15) is 4.88 Å². The Hall–Kier alpha value is -0.590. The first-order valence-electron chi connectivity index (χ1n) is 4.48. The molecule has 6 heteroatoms. The number of methoxy groups -OCH3 is 1. The highest BCUT2D eigenvalue weighted by Crippen LogP contribution is 2.22. The molecule has 1 aromatic rings. The molecule has 0 fully saturated rings. The third-order valence-electron chi connectivity index (χ3n) is 1.70. The first kappa shape index (κ1) is 12.5. The van der Waals surface area contributed by atoms with Crippen LogP contribution in [0.25, 0.3) is 0 Å². The van der Waals surface area contributed by atoms with Crippen LogP contribution in [0.4, 0.5) is 0 Å². The van der Waals surface area contributed by atoms with Gasteiger partial charge in [0.05, 0.1) is 13.2 Å². The average molecular weight is 292 g/mol. The van der Waals surface area contributed by atoms with E-state index in [9.17, 15) is 0 Å². The third kappa shape index (κ3) is 4.63. The van der Waals surface area contributed by atoms with Crippen LogP contribution in [-0.2, 0) is 11.3 Å². The monoisotopic (exact) mass is 291 g/mol. The van der Waals surface area contributed by atoms with Crippen molar-refractivity contribution >= 4 is 33.2 Å². The van der Waals surface area contributed by atoms with Gasteiger partial charge in [0.1, 0.15) is 0 Å². The van der Waals surface area contributed by atoms with Crippen LogP contribution >= 0.6 is 27.3 Å². The second-order valence-corrected chi connectivity index (χ2v) is 4.67. The van der Waals surface area contributed by atoms with Gasteiger partial charge in [0.15, 0.2) is 5.96 Å². The van der Waals surface area contributed by atoms with E-state index in [0.717, 1.165) is 4.47 Å². The van der Waals surface area contributed by atoms with Crippen molar-refractivity contribution in [1.82, 2.24) is 5.32 Å². The molecule has 4 nitrogen and oxygen atoms in total. The van der Waals surface area contributed by atoms with Crippen LogP contribution in [0.5, 0.6) is 0 Å². The van der Waals surface area contributed by atoms with E-state index in [1.807, 2.05) is 11.4 Å². The Kier molecular flexibility index (Phi) is 5.67. The molecule has 0 atom stereocenters. The molecule has 0 bridgehead atoms. The van der Waals surface area contributed by atoms with Gasteiger partial charge < -0.3 is 15.8 Å². The molecule has 1 aromatic heterocycles. The second kappa shape index (κ2) is 6.81. The number of nitrogens with two attached hydrogens (primary N) is 1. The topological polar surface area (TPSA) is 59.6 Å². The van der Waals surface area contributed by atoms with Crippen LogP contribution in [0.2, 0.25) is 0 Å². The number of halogens is 1. The smallest absolute Gasteiger partial charge is 0.189 e. The highest BCUT2D eigenvalue weighted by atomic mass is 79.9. The highest BCUT2D eigenvalue weighted by Gasteiger charge is 1.99. The molecule has 0 aliphatic heterocycles. The van der Waals surface area contributed by atoms with E-state index >= 15 is 0 Å². The van der Waals surface area contributed by atoms with Crippen LogP contribution in [0, 0.1) is 0 Å². The molecular weight excluding hydrogens is 278 g/mol. The number of nitrogens with zero attached hydrogens (tertiary/aromatic N) is 1. The number of aliphatic imine (C=N–C) groups is 1. The van der Waals surface area contributed by atoms with Crippen molar-refractivity contribution in [2.45, 2.75) is 6.54 Å². The number of hydrogen-bond donors (Lipinski definition) is 2. The lowest BCUT2D eigenvalue weighted by Gasteiger charge is -2.03. The predicted molar refractivity (Wildman–Crippen MR) is 67.2 cm³/mol. The molecule has 0 aliphatic rings. The zero-order chi connectivity index (χ0) is 11.1. The summed E-state index contributed by atoms with van der Waals surface area (Å²) in [6.07, 6.45) is 0. The minimum absolute atomic E-state index is 0.451. The quantitative estimate of drug-likeness (QED) is 0.492. The minimum Gasteiger partial charge on any atom is -0.383 e. The molecule has 0 unspecified atom stereocenters. The summed E-state index contributed by atoms with van der Waals surface area (Å²) in [6.45, 7) is 1.90. The SMILES string of the molecule is COCCNC(N)=NCc1sccc1Br. The van der Waals surface area contributed by atoms with E-state index < -0.39 is 0 Å². The molecule has 84 valence electrons. The van der Waals surface area contributed by atoms with Crippen molar-refractivity contribution in [3.63, 3.8) is 0 Å². The Balaban J connectivity index is 2.34. The van der Waals surface area contributed by atoms with Gasteiger partial charge in [-0.25, -0.2) is 4.99 Å². The summed E-state index contributed by atoms with van der Waals surface area (Å²) < 4.78 is 5.97. The second-order valence-electron chi connectivity index (χ2n) is 2.81. The molecule has 1 heterocycles. The number of thiophene rings is 1. The Morgan fingerprint density at radius 3 is 3.13 bits per heavy atom. The Morgan fingerprint density at radius 2 is 2.53 bits per heavy atom. The maximum Gasteiger partial charge on any atom is 0.189 e. The maximum absolute atomic E-state index is 5.65. The molecule has 0 aromatic carbocycles. The van der Waals surface area contributed by atoms with Crippen LogP contribution in [-0.4, -0.2) is 26.2 Å². The van der Waals surface area contributed by atoms with Gasteiger partial charge in [-0.1, -0.05) is 0 Å². The van der Waals surface area contributed by atoms with Crippen LogP contribution < -0.4 is 11.1 Å². The molecule has 1 rings (SSSR count). The summed E-state index contributed by atoms with van der Waals surface area (Å²) >= 11 is 5.10. The van der Waals surface area contributed by atoms with Crippen LogP contribution in [0.3, 0.4) is 0 Å². The van der Waals surface area contributed by atoms with Crippen LogP contribution in [0.15, 0.2) is 20.9 Å². The number of nitrogens with one attached hydrogen (secondary N) is 1. The minimum atomic E-state index is 0.451. The van der Waals surface area contributed by atoms with Crippen molar-refractivity contribution in [2.24, 2.45) is 10.7 Å². The molecule has 0 aliphatic carbocycles. The number of ether oxygens (including phenoxy) is 1. The fourth-order valence-electron chi connectivity index (χ4n) is 0.932. The van der Waals surface area contributed by atoms with Gasteiger partial charge in [0.2, 0.25) is 0 Å². The molecule has 0 radical (unpaired) electrons. The number of hydrogen-bond acceptors (Lipinski definition) is 3.